The number of ether oxygens (including phenoxy) is 1. The molecule has 0 aliphatic rings. The van der Waals surface area contributed by atoms with Gasteiger partial charge in [-0.3, -0.25) is 0 Å². The summed E-state index contributed by atoms with van der Waals surface area (Å²) in [5.74, 6) is 0.560. The Hall–Kier alpha value is -2.02. The molecule has 0 aliphatic heterocycles. The summed E-state index contributed by atoms with van der Waals surface area (Å²) in [5, 5.41) is 0. The third kappa shape index (κ3) is 3.99. The smallest absolute Gasteiger partial charge is 0.406 e. The first-order valence-corrected chi connectivity index (χ1v) is 6.08. The van der Waals surface area contributed by atoms with Gasteiger partial charge >= 0.3 is 6.36 Å². The fourth-order valence-corrected chi connectivity index (χ4v) is 1.74. The lowest BCUT2D eigenvalue weighted by molar-refractivity contribution is -0.274. The summed E-state index contributed by atoms with van der Waals surface area (Å²) >= 11 is 0. The van der Waals surface area contributed by atoms with Crippen LogP contribution in [0.4, 0.5) is 13.2 Å². The van der Waals surface area contributed by atoms with E-state index >= 15 is 0 Å². The second kappa shape index (κ2) is 5.96. The standard InChI is InChI=1S/C13H14F3N3O/c14-13(15,16)20-10-5-3-9(4-6-10)11-8-18-12(19-11)2-1-7-17/h3-6,8H,1-2,7,17H2,(H,18,19). The van der Waals surface area contributed by atoms with Gasteiger partial charge < -0.3 is 15.5 Å². The van der Waals surface area contributed by atoms with Crippen LogP contribution in [0.5, 0.6) is 5.75 Å². The molecule has 3 N–H and O–H groups in total. The molecular weight excluding hydrogens is 271 g/mol. The van der Waals surface area contributed by atoms with E-state index in [-0.39, 0.29) is 5.75 Å². The predicted molar refractivity (Wildman–Crippen MR) is 68.1 cm³/mol. The highest BCUT2D eigenvalue weighted by Gasteiger charge is 2.30. The molecule has 0 atom stereocenters. The van der Waals surface area contributed by atoms with Crippen molar-refractivity contribution in [1.29, 1.82) is 0 Å². The molecule has 1 heterocycles. The average molecular weight is 285 g/mol. The van der Waals surface area contributed by atoms with Crippen LogP contribution < -0.4 is 10.5 Å². The molecule has 0 saturated carbocycles. The largest absolute Gasteiger partial charge is 0.573 e. The highest BCUT2D eigenvalue weighted by Crippen LogP contribution is 2.25. The number of aryl methyl sites for hydroxylation is 1. The van der Waals surface area contributed by atoms with Crippen LogP contribution in [-0.2, 0) is 6.42 Å². The zero-order valence-corrected chi connectivity index (χ0v) is 10.6. The lowest BCUT2D eigenvalue weighted by Gasteiger charge is -2.08. The highest BCUT2D eigenvalue weighted by atomic mass is 19.4. The molecule has 2 rings (SSSR count). The van der Waals surface area contributed by atoms with Crippen LogP contribution in [0.2, 0.25) is 0 Å². The maximum Gasteiger partial charge on any atom is 0.573 e. The summed E-state index contributed by atoms with van der Waals surface area (Å²) in [5.41, 5.74) is 6.90. The quantitative estimate of drug-likeness (QED) is 0.887. The molecule has 7 heteroatoms. The van der Waals surface area contributed by atoms with E-state index in [1.165, 1.54) is 12.1 Å². The fraction of sp³-hybridized carbons (Fsp3) is 0.308. The molecule has 4 nitrogen and oxygen atoms in total. The van der Waals surface area contributed by atoms with Crippen molar-refractivity contribution in [2.75, 3.05) is 6.54 Å². The number of hydrogen-bond acceptors (Lipinski definition) is 3. The van der Waals surface area contributed by atoms with Gasteiger partial charge in [-0.05, 0) is 42.8 Å². The van der Waals surface area contributed by atoms with Crippen LogP contribution in [0.3, 0.4) is 0 Å². The summed E-state index contributed by atoms with van der Waals surface area (Å²) in [4.78, 5) is 7.29. The molecule has 1 aromatic carbocycles. The van der Waals surface area contributed by atoms with Crippen molar-refractivity contribution in [2.24, 2.45) is 5.73 Å². The monoisotopic (exact) mass is 285 g/mol. The number of imidazole rings is 1. The van der Waals surface area contributed by atoms with Crippen molar-refractivity contribution in [2.45, 2.75) is 19.2 Å². The second-order valence-electron chi connectivity index (χ2n) is 4.21. The molecule has 0 unspecified atom stereocenters. The zero-order chi connectivity index (χ0) is 14.6. The Balaban J connectivity index is 2.07. The Morgan fingerprint density at radius 2 is 1.90 bits per heavy atom. The van der Waals surface area contributed by atoms with Crippen LogP contribution in [0.25, 0.3) is 11.3 Å². The average Bonchev–Trinajstić information content (AvgIpc) is 2.84. The number of alkyl halides is 3. The lowest BCUT2D eigenvalue weighted by atomic mass is 10.2. The minimum atomic E-state index is -4.68. The first kappa shape index (κ1) is 14.4. The molecule has 108 valence electrons. The van der Waals surface area contributed by atoms with Crippen LogP contribution >= 0.6 is 0 Å². The fourth-order valence-electron chi connectivity index (χ4n) is 1.74. The summed E-state index contributed by atoms with van der Waals surface area (Å²) in [6.07, 6.45) is -1.46. The Labute approximate surface area is 113 Å². The van der Waals surface area contributed by atoms with Gasteiger partial charge in [0, 0.05) is 6.42 Å². The van der Waals surface area contributed by atoms with Gasteiger partial charge in [-0.15, -0.1) is 13.2 Å². The first-order chi connectivity index (χ1) is 9.48. The number of nitrogens with two attached hydrogens (primary N) is 1. The number of aromatic nitrogens is 2. The Kier molecular flexibility index (Phi) is 4.29. The summed E-state index contributed by atoms with van der Waals surface area (Å²) < 4.78 is 39.9. The van der Waals surface area contributed by atoms with E-state index in [0.29, 0.717) is 6.54 Å². The van der Waals surface area contributed by atoms with Crippen LogP contribution in [0.15, 0.2) is 30.5 Å². The third-order valence-electron chi connectivity index (χ3n) is 2.65. The summed E-state index contributed by atoms with van der Waals surface area (Å²) in [7, 11) is 0. The van der Waals surface area contributed by atoms with E-state index in [4.69, 9.17) is 5.73 Å². The topological polar surface area (TPSA) is 63.9 Å². The molecular formula is C13H14F3N3O. The van der Waals surface area contributed by atoms with Gasteiger partial charge in [-0.2, -0.15) is 0 Å². The van der Waals surface area contributed by atoms with Crippen molar-refractivity contribution < 1.29 is 17.9 Å². The summed E-state index contributed by atoms with van der Waals surface area (Å²) in [6, 6.07) is 5.62. The Morgan fingerprint density at radius 1 is 1.20 bits per heavy atom. The number of rotatable bonds is 5. The van der Waals surface area contributed by atoms with Gasteiger partial charge in [0.2, 0.25) is 0 Å². The maximum absolute atomic E-state index is 12.0. The molecule has 0 amide bonds. The van der Waals surface area contributed by atoms with E-state index in [1.54, 1.807) is 18.3 Å². The van der Waals surface area contributed by atoms with E-state index in [1.807, 2.05) is 0 Å². The maximum atomic E-state index is 12.0. The molecule has 0 aliphatic carbocycles. The molecule has 0 fully saturated rings. The van der Waals surface area contributed by atoms with Crippen molar-refractivity contribution in [1.82, 2.24) is 9.97 Å². The molecule has 0 spiro atoms. The Morgan fingerprint density at radius 3 is 2.50 bits per heavy atom. The number of H-pyrrole nitrogens is 1. The number of nitrogens with one attached hydrogen (secondary N) is 1. The lowest BCUT2D eigenvalue weighted by Crippen LogP contribution is -2.16. The van der Waals surface area contributed by atoms with Gasteiger partial charge in [0.25, 0.3) is 0 Å². The van der Waals surface area contributed by atoms with Crippen LogP contribution in [0.1, 0.15) is 12.2 Å². The number of hydrogen-bond donors (Lipinski definition) is 2. The van der Waals surface area contributed by atoms with E-state index < -0.39 is 6.36 Å². The Bertz CT molecular complexity index is 549. The minimum absolute atomic E-state index is 0.246. The summed E-state index contributed by atoms with van der Waals surface area (Å²) in [6.45, 7) is 0.583. The highest BCUT2D eigenvalue weighted by molar-refractivity contribution is 5.59. The number of nitrogens with zero attached hydrogens (tertiary/aromatic N) is 1. The van der Waals surface area contributed by atoms with Crippen molar-refractivity contribution >= 4 is 0 Å². The van der Waals surface area contributed by atoms with E-state index in [2.05, 4.69) is 14.7 Å². The first-order valence-electron chi connectivity index (χ1n) is 6.08. The number of aromatic amines is 1. The second-order valence-corrected chi connectivity index (χ2v) is 4.21. The van der Waals surface area contributed by atoms with Gasteiger partial charge in [-0.25, -0.2) is 4.98 Å². The SMILES string of the molecule is NCCCc1ncc(-c2ccc(OC(F)(F)F)cc2)[nH]1. The molecule has 0 saturated heterocycles. The van der Waals surface area contributed by atoms with Gasteiger partial charge in [0.15, 0.2) is 0 Å². The minimum Gasteiger partial charge on any atom is -0.406 e. The van der Waals surface area contributed by atoms with Gasteiger partial charge in [-0.1, -0.05) is 0 Å². The van der Waals surface area contributed by atoms with Gasteiger partial charge in [0.05, 0.1) is 11.9 Å². The molecule has 1 aromatic heterocycles. The number of halogens is 3. The van der Waals surface area contributed by atoms with E-state index in [0.717, 1.165) is 29.9 Å². The predicted octanol–water partition coefficient (Wildman–Crippen LogP) is 2.87. The van der Waals surface area contributed by atoms with Crippen molar-refractivity contribution in [3.05, 3.63) is 36.3 Å². The van der Waals surface area contributed by atoms with Crippen LogP contribution in [0, 0.1) is 0 Å². The van der Waals surface area contributed by atoms with Gasteiger partial charge in [0.1, 0.15) is 11.6 Å². The van der Waals surface area contributed by atoms with Crippen molar-refractivity contribution in [3.63, 3.8) is 0 Å². The van der Waals surface area contributed by atoms with Crippen LogP contribution in [-0.4, -0.2) is 22.9 Å². The van der Waals surface area contributed by atoms with Crippen molar-refractivity contribution in [3.8, 4) is 17.0 Å². The zero-order valence-electron chi connectivity index (χ0n) is 10.6. The normalized spacial score (nSPS) is 11.6. The number of benzene rings is 1. The molecule has 2 aromatic rings. The van der Waals surface area contributed by atoms with E-state index in [9.17, 15) is 13.2 Å². The molecule has 0 radical (unpaired) electrons. The molecule has 0 bridgehead atoms. The third-order valence-corrected chi connectivity index (χ3v) is 2.65. The molecule has 20 heavy (non-hydrogen) atoms.